The van der Waals surface area contributed by atoms with E-state index in [1.54, 1.807) is 0 Å². The van der Waals surface area contributed by atoms with Gasteiger partial charge in [0, 0.05) is 30.9 Å². The first-order valence-corrected chi connectivity index (χ1v) is 5.27. The lowest BCUT2D eigenvalue weighted by molar-refractivity contribution is 0.429. The van der Waals surface area contributed by atoms with E-state index in [9.17, 15) is 0 Å². The van der Waals surface area contributed by atoms with Crippen LogP contribution in [0.25, 0.3) is 5.52 Å². The maximum Gasteiger partial charge on any atom is 0.155 e. The number of nitrogens with zero attached hydrogens (tertiary/aromatic N) is 2. The summed E-state index contributed by atoms with van der Waals surface area (Å²) < 4.78 is 2.02. The molecule has 0 bridgehead atoms. The van der Waals surface area contributed by atoms with Crippen LogP contribution in [-0.2, 0) is 0 Å². The summed E-state index contributed by atoms with van der Waals surface area (Å²) >= 11 is 6.07. The fourth-order valence-electron chi connectivity index (χ4n) is 1.85. The predicted octanol–water partition coefficient (Wildman–Crippen LogP) is 1.26. The van der Waals surface area contributed by atoms with Gasteiger partial charge in [-0.15, -0.1) is 0 Å². The van der Waals surface area contributed by atoms with Crippen molar-refractivity contribution in [2.75, 3.05) is 18.8 Å². The monoisotopic (exact) mass is 222 g/mol. The van der Waals surface area contributed by atoms with E-state index in [0.717, 1.165) is 24.4 Å². The Morgan fingerprint density at radius 3 is 3.00 bits per heavy atom. The van der Waals surface area contributed by atoms with Crippen LogP contribution < -0.4 is 11.1 Å². The zero-order valence-electron chi connectivity index (χ0n) is 8.07. The third kappa shape index (κ3) is 1.29. The minimum absolute atomic E-state index is 0.466. The number of imidazole rings is 1. The topological polar surface area (TPSA) is 55.4 Å². The lowest BCUT2D eigenvalue weighted by atomic mass is 10.0. The molecule has 0 saturated carbocycles. The van der Waals surface area contributed by atoms with Gasteiger partial charge in [-0.3, -0.25) is 0 Å². The molecular formula is C10H11ClN4. The second-order valence-corrected chi connectivity index (χ2v) is 4.19. The SMILES string of the molecule is Nc1ccn2c(C3CNC3)nc(Cl)c2c1. The summed E-state index contributed by atoms with van der Waals surface area (Å²) in [6.07, 6.45) is 1.93. The minimum Gasteiger partial charge on any atom is -0.399 e. The Morgan fingerprint density at radius 1 is 1.53 bits per heavy atom. The predicted molar refractivity (Wildman–Crippen MR) is 60.2 cm³/mol. The number of fused-ring (bicyclic) bond motifs is 1. The van der Waals surface area contributed by atoms with Gasteiger partial charge in [-0.2, -0.15) is 0 Å². The molecule has 0 aliphatic carbocycles. The first-order chi connectivity index (χ1) is 7.25. The first kappa shape index (κ1) is 9.00. The summed E-state index contributed by atoms with van der Waals surface area (Å²) in [4.78, 5) is 4.39. The number of nitrogens with two attached hydrogens (primary N) is 1. The number of nitrogens with one attached hydrogen (secondary N) is 1. The van der Waals surface area contributed by atoms with Crippen LogP contribution in [0.1, 0.15) is 11.7 Å². The van der Waals surface area contributed by atoms with Gasteiger partial charge in [0.15, 0.2) is 5.15 Å². The van der Waals surface area contributed by atoms with Crippen molar-refractivity contribution in [2.45, 2.75) is 5.92 Å². The lowest BCUT2D eigenvalue weighted by Crippen LogP contribution is -2.40. The summed E-state index contributed by atoms with van der Waals surface area (Å²) in [5.41, 5.74) is 7.31. The van der Waals surface area contributed by atoms with Crippen LogP contribution in [-0.4, -0.2) is 22.5 Å². The zero-order valence-corrected chi connectivity index (χ0v) is 8.83. The van der Waals surface area contributed by atoms with E-state index in [1.807, 2.05) is 22.7 Å². The molecule has 4 nitrogen and oxygen atoms in total. The molecule has 3 rings (SSSR count). The van der Waals surface area contributed by atoms with Crippen molar-refractivity contribution in [1.82, 2.24) is 14.7 Å². The number of hydrogen-bond donors (Lipinski definition) is 2. The highest BCUT2D eigenvalue weighted by atomic mass is 35.5. The van der Waals surface area contributed by atoms with Gasteiger partial charge >= 0.3 is 0 Å². The van der Waals surface area contributed by atoms with Crippen molar-refractivity contribution >= 4 is 22.8 Å². The zero-order chi connectivity index (χ0) is 10.4. The molecule has 0 amide bonds. The summed E-state index contributed by atoms with van der Waals surface area (Å²) in [5, 5.41) is 3.76. The molecule has 1 fully saturated rings. The Bertz CT molecular complexity index is 515. The second-order valence-electron chi connectivity index (χ2n) is 3.83. The molecule has 15 heavy (non-hydrogen) atoms. The van der Waals surface area contributed by atoms with Gasteiger partial charge in [-0.05, 0) is 12.1 Å². The Kier molecular flexibility index (Phi) is 1.87. The average Bonchev–Trinajstić information content (AvgIpc) is 2.41. The fourth-order valence-corrected chi connectivity index (χ4v) is 2.08. The number of aromatic nitrogens is 2. The third-order valence-corrected chi connectivity index (χ3v) is 3.07. The molecule has 0 atom stereocenters. The number of pyridine rings is 1. The van der Waals surface area contributed by atoms with Gasteiger partial charge in [0.1, 0.15) is 5.82 Å². The van der Waals surface area contributed by atoms with Crippen molar-refractivity contribution < 1.29 is 0 Å². The smallest absolute Gasteiger partial charge is 0.155 e. The number of rotatable bonds is 1. The molecule has 0 unspecified atom stereocenters. The van der Waals surface area contributed by atoms with Gasteiger partial charge in [-0.25, -0.2) is 4.98 Å². The quantitative estimate of drug-likeness (QED) is 0.764. The molecule has 2 aromatic rings. The molecule has 1 saturated heterocycles. The van der Waals surface area contributed by atoms with E-state index in [1.165, 1.54) is 0 Å². The highest BCUT2D eigenvalue weighted by Crippen LogP contribution is 2.26. The van der Waals surface area contributed by atoms with Crippen LogP contribution in [0, 0.1) is 0 Å². The Hall–Kier alpha value is -1.26. The molecule has 2 aromatic heterocycles. The molecule has 78 valence electrons. The number of anilines is 1. The van der Waals surface area contributed by atoms with E-state index < -0.39 is 0 Å². The summed E-state index contributed by atoms with van der Waals surface area (Å²) in [5.74, 6) is 1.49. The number of nitrogen functional groups attached to an aromatic ring is 1. The molecule has 1 aliphatic rings. The van der Waals surface area contributed by atoms with Crippen LogP contribution in [0.2, 0.25) is 5.15 Å². The fraction of sp³-hybridized carbons (Fsp3) is 0.300. The van der Waals surface area contributed by atoms with E-state index >= 15 is 0 Å². The molecule has 1 aliphatic heterocycles. The molecular weight excluding hydrogens is 212 g/mol. The van der Waals surface area contributed by atoms with Crippen molar-refractivity contribution in [3.8, 4) is 0 Å². The van der Waals surface area contributed by atoms with Crippen LogP contribution in [0.5, 0.6) is 0 Å². The van der Waals surface area contributed by atoms with Crippen molar-refractivity contribution in [3.05, 3.63) is 29.3 Å². The molecule has 0 aromatic carbocycles. The van der Waals surface area contributed by atoms with E-state index in [4.69, 9.17) is 17.3 Å². The maximum atomic E-state index is 6.07. The summed E-state index contributed by atoms with van der Waals surface area (Å²) in [7, 11) is 0. The summed E-state index contributed by atoms with van der Waals surface area (Å²) in [6, 6.07) is 3.71. The normalized spacial score (nSPS) is 16.9. The second kappa shape index (κ2) is 3.12. The van der Waals surface area contributed by atoms with Crippen molar-refractivity contribution in [2.24, 2.45) is 0 Å². The maximum absolute atomic E-state index is 6.07. The Labute approximate surface area is 92.1 Å². The van der Waals surface area contributed by atoms with Crippen LogP contribution in [0.15, 0.2) is 18.3 Å². The number of halogens is 1. The largest absolute Gasteiger partial charge is 0.399 e. The lowest BCUT2D eigenvalue weighted by Gasteiger charge is -2.25. The van der Waals surface area contributed by atoms with Crippen LogP contribution in [0.3, 0.4) is 0 Å². The minimum atomic E-state index is 0.466. The average molecular weight is 223 g/mol. The van der Waals surface area contributed by atoms with Crippen molar-refractivity contribution in [3.63, 3.8) is 0 Å². The van der Waals surface area contributed by atoms with Gasteiger partial charge in [0.05, 0.1) is 5.52 Å². The Morgan fingerprint density at radius 2 is 2.33 bits per heavy atom. The molecule has 3 N–H and O–H groups in total. The summed E-state index contributed by atoms with van der Waals surface area (Å²) in [6.45, 7) is 1.94. The highest BCUT2D eigenvalue weighted by molar-refractivity contribution is 6.32. The van der Waals surface area contributed by atoms with Crippen molar-refractivity contribution in [1.29, 1.82) is 0 Å². The Balaban J connectivity index is 2.22. The van der Waals surface area contributed by atoms with Crippen LogP contribution >= 0.6 is 11.6 Å². The third-order valence-electron chi connectivity index (χ3n) is 2.80. The molecule has 5 heteroatoms. The molecule has 0 spiro atoms. The van der Waals surface area contributed by atoms with E-state index in [-0.39, 0.29) is 0 Å². The van der Waals surface area contributed by atoms with Gasteiger partial charge in [0.25, 0.3) is 0 Å². The van der Waals surface area contributed by atoms with E-state index in [0.29, 0.717) is 16.8 Å². The van der Waals surface area contributed by atoms with E-state index in [2.05, 4.69) is 10.3 Å². The highest BCUT2D eigenvalue weighted by Gasteiger charge is 2.24. The van der Waals surface area contributed by atoms with Gasteiger partial charge in [-0.1, -0.05) is 11.6 Å². The molecule has 3 heterocycles. The van der Waals surface area contributed by atoms with Gasteiger partial charge in [0.2, 0.25) is 0 Å². The number of hydrogen-bond acceptors (Lipinski definition) is 3. The van der Waals surface area contributed by atoms with Crippen LogP contribution in [0.4, 0.5) is 5.69 Å². The molecule has 0 radical (unpaired) electrons. The van der Waals surface area contributed by atoms with Gasteiger partial charge < -0.3 is 15.5 Å². The standard InChI is InChI=1S/C10H11ClN4/c11-9-8-3-7(12)1-2-15(8)10(14-9)6-4-13-5-6/h1-3,6,13H,4-5,12H2. The first-order valence-electron chi connectivity index (χ1n) is 4.89.